The lowest BCUT2D eigenvalue weighted by atomic mass is 9.98. The quantitative estimate of drug-likeness (QED) is 0.475. The molecule has 31 heavy (non-hydrogen) atoms. The van der Waals surface area contributed by atoms with Crippen molar-refractivity contribution < 1.29 is 23.9 Å². The number of nitrogens with one attached hydrogen (secondary N) is 3. The van der Waals surface area contributed by atoms with Crippen LogP contribution in [-0.2, 0) is 14.3 Å². The molecule has 2 rings (SSSR count). The Morgan fingerprint density at radius 2 is 1.97 bits per heavy atom. The molecule has 0 radical (unpaired) electrons. The molecule has 2 aromatic rings. The lowest BCUT2D eigenvalue weighted by molar-refractivity contribution is -0.141. The van der Waals surface area contributed by atoms with Crippen LogP contribution in [0.2, 0.25) is 0 Å². The number of amides is 3. The second-order valence-corrected chi connectivity index (χ2v) is 7.61. The summed E-state index contributed by atoms with van der Waals surface area (Å²) in [6.45, 7) is 5.37. The van der Waals surface area contributed by atoms with E-state index < -0.39 is 23.9 Å². The smallest absolute Gasteiger partial charge is 0.325 e. The van der Waals surface area contributed by atoms with Crippen molar-refractivity contribution in [1.82, 2.24) is 20.8 Å². The van der Waals surface area contributed by atoms with Crippen molar-refractivity contribution in [3.63, 3.8) is 0 Å². The zero-order valence-electron chi connectivity index (χ0n) is 17.9. The van der Waals surface area contributed by atoms with E-state index >= 15 is 0 Å². The number of benzene rings is 1. The van der Waals surface area contributed by atoms with E-state index in [4.69, 9.17) is 9.47 Å². The predicted octanol–water partition coefficient (Wildman–Crippen LogP) is 2.43. The Balaban J connectivity index is 2.03. The van der Waals surface area contributed by atoms with E-state index in [1.165, 1.54) is 11.3 Å². The minimum atomic E-state index is -0.823. The maximum absolute atomic E-state index is 12.8. The highest BCUT2D eigenvalue weighted by atomic mass is 32.1. The second-order valence-electron chi connectivity index (χ2n) is 6.63. The van der Waals surface area contributed by atoms with Gasteiger partial charge in [-0.15, -0.1) is 10.2 Å². The largest absolute Gasteiger partial charge is 0.497 e. The second kappa shape index (κ2) is 11.8. The first-order chi connectivity index (χ1) is 14.9. The molecule has 0 aliphatic carbocycles. The van der Waals surface area contributed by atoms with Crippen LogP contribution in [-0.4, -0.2) is 54.4 Å². The van der Waals surface area contributed by atoms with Crippen LogP contribution in [0.3, 0.4) is 0 Å². The van der Waals surface area contributed by atoms with Gasteiger partial charge in [0.25, 0.3) is 0 Å². The number of carbonyl (C=O) groups excluding carboxylic acids is 3. The van der Waals surface area contributed by atoms with Gasteiger partial charge in [-0.25, -0.2) is 4.79 Å². The zero-order chi connectivity index (χ0) is 22.8. The number of nitrogens with zero attached hydrogens (tertiary/aromatic N) is 2. The average molecular weight is 450 g/mol. The molecule has 0 fully saturated rings. The molecule has 0 aliphatic rings. The first-order valence-electron chi connectivity index (χ1n) is 9.86. The Labute approximate surface area is 184 Å². The highest BCUT2D eigenvalue weighted by Crippen LogP contribution is 2.29. The number of urea groups is 1. The van der Waals surface area contributed by atoms with Crippen molar-refractivity contribution in [2.24, 2.45) is 5.92 Å². The normalized spacial score (nSPS) is 12.4. The van der Waals surface area contributed by atoms with E-state index in [0.29, 0.717) is 22.3 Å². The molecule has 11 heteroatoms. The van der Waals surface area contributed by atoms with E-state index in [9.17, 15) is 14.4 Å². The molecule has 0 bridgehead atoms. The third-order valence-electron chi connectivity index (χ3n) is 4.45. The van der Waals surface area contributed by atoms with E-state index in [1.807, 2.05) is 38.1 Å². The first-order valence-corrected chi connectivity index (χ1v) is 10.7. The molecule has 168 valence electrons. The summed E-state index contributed by atoms with van der Waals surface area (Å²) in [7, 11) is 1.58. The highest BCUT2D eigenvalue weighted by Gasteiger charge is 2.27. The van der Waals surface area contributed by atoms with Gasteiger partial charge in [-0.3, -0.25) is 14.9 Å². The molecule has 0 aliphatic heterocycles. The monoisotopic (exact) mass is 449 g/mol. The summed E-state index contributed by atoms with van der Waals surface area (Å²) >= 11 is 1.21. The van der Waals surface area contributed by atoms with Gasteiger partial charge in [0.2, 0.25) is 11.0 Å². The molecule has 0 saturated heterocycles. The molecule has 1 aromatic carbocycles. The summed E-state index contributed by atoms with van der Waals surface area (Å²) in [6.07, 6.45) is 0.654. The number of aromatic nitrogens is 2. The molecule has 2 atom stereocenters. The zero-order valence-corrected chi connectivity index (χ0v) is 18.7. The third kappa shape index (κ3) is 7.21. The lowest BCUT2D eigenvalue weighted by Crippen LogP contribution is -2.51. The minimum Gasteiger partial charge on any atom is -0.497 e. The Hall–Kier alpha value is -3.21. The molecule has 1 aromatic heterocycles. The Morgan fingerprint density at radius 3 is 2.65 bits per heavy atom. The SMILES string of the molecule is CCOC(=O)CNC(=O)NC(C(=O)Nc1nnc(-c2cccc(OC)c2)s1)C(C)CC. The molecule has 1 heterocycles. The Bertz CT molecular complexity index is 904. The summed E-state index contributed by atoms with van der Waals surface area (Å²) in [4.78, 5) is 36.3. The predicted molar refractivity (Wildman–Crippen MR) is 117 cm³/mol. The van der Waals surface area contributed by atoms with Crippen molar-refractivity contribution in [3.8, 4) is 16.3 Å². The fraction of sp³-hybridized carbons (Fsp3) is 0.450. The van der Waals surface area contributed by atoms with Gasteiger partial charge in [0, 0.05) is 5.56 Å². The molecule has 0 spiro atoms. The molecular formula is C20H27N5O5S. The first kappa shape index (κ1) is 24.1. The molecule has 10 nitrogen and oxygen atoms in total. The number of rotatable bonds is 10. The van der Waals surface area contributed by atoms with Crippen LogP contribution in [0.15, 0.2) is 24.3 Å². The van der Waals surface area contributed by atoms with Crippen LogP contribution in [0.5, 0.6) is 5.75 Å². The van der Waals surface area contributed by atoms with E-state index in [1.54, 1.807) is 14.0 Å². The fourth-order valence-corrected chi connectivity index (χ4v) is 3.33. The van der Waals surface area contributed by atoms with E-state index in [0.717, 1.165) is 5.56 Å². The van der Waals surface area contributed by atoms with Gasteiger partial charge in [0.05, 0.1) is 13.7 Å². The number of methoxy groups -OCH3 is 1. The van der Waals surface area contributed by atoms with Gasteiger partial charge in [-0.05, 0) is 25.0 Å². The van der Waals surface area contributed by atoms with Crippen LogP contribution in [0.25, 0.3) is 10.6 Å². The van der Waals surface area contributed by atoms with Gasteiger partial charge in [0.15, 0.2) is 0 Å². The van der Waals surface area contributed by atoms with E-state index in [-0.39, 0.29) is 19.1 Å². The molecule has 3 amide bonds. The third-order valence-corrected chi connectivity index (χ3v) is 5.34. The van der Waals surface area contributed by atoms with Crippen molar-refractivity contribution in [3.05, 3.63) is 24.3 Å². The van der Waals surface area contributed by atoms with Crippen LogP contribution in [0.1, 0.15) is 27.2 Å². The number of hydrogen-bond donors (Lipinski definition) is 3. The van der Waals surface area contributed by atoms with Crippen molar-refractivity contribution in [2.75, 3.05) is 25.6 Å². The van der Waals surface area contributed by atoms with Crippen molar-refractivity contribution >= 4 is 34.4 Å². The van der Waals surface area contributed by atoms with Crippen LogP contribution in [0.4, 0.5) is 9.93 Å². The summed E-state index contributed by atoms with van der Waals surface area (Å²) in [5.74, 6) is -0.442. The topological polar surface area (TPSA) is 132 Å². The van der Waals surface area contributed by atoms with Gasteiger partial charge in [0.1, 0.15) is 23.3 Å². The number of ether oxygens (including phenoxy) is 2. The summed E-state index contributed by atoms with van der Waals surface area (Å²) in [5, 5.41) is 16.8. The van der Waals surface area contributed by atoms with Gasteiger partial charge in [-0.2, -0.15) is 0 Å². The van der Waals surface area contributed by atoms with Crippen LogP contribution in [0, 0.1) is 5.92 Å². The standard InChI is InChI=1S/C20H27N5O5S/c1-5-12(3)16(22-19(28)21-11-15(26)30-6-2)17(27)23-20-25-24-18(31-20)13-8-7-9-14(10-13)29-4/h7-10,12,16H,5-6,11H2,1-4H3,(H2,21,22,28)(H,23,25,27). The van der Waals surface area contributed by atoms with Crippen molar-refractivity contribution in [2.45, 2.75) is 33.2 Å². The van der Waals surface area contributed by atoms with E-state index in [2.05, 4.69) is 26.1 Å². The number of carbonyl (C=O) groups is 3. The fourth-order valence-electron chi connectivity index (χ4n) is 2.59. The summed E-state index contributed by atoms with van der Waals surface area (Å²) in [6, 6.07) is 5.89. The Kier molecular flexibility index (Phi) is 9.19. The maximum atomic E-state index is 12.8. The molecule has 2 unspecified atom stereocenters. The van der Waals surface area contributed by atoms with Gasteiger partial charge >= 0.3 is 12.0 Å². The molecule has 3 N–H and O–H groups in total. The minimum absolute atomic E-state index is 0.154. The summed E-state index contributed by atoms with van der Waals surface area (Å²) in [5.41, 5.74) is 0.812. The average Bonchev–Trinajstić information content (AvgIpc) is 3.24. The van der Waals surface area contributed by atoms with Gasteiger partial charge in [-0.1, -0.05) is 43.7 Å². The van der Waals surface area contributed by atoms with Gasteiger partial charge < -0.3 is 20.1 Å². The van der Waals surface area contributed by atoms with Crippen LogP contribution < -0.4 is 20.7 Å². The number of anilines is 1. The number of esters is 1. The Morgan fingerprint density at radius 1 is 1.19 bits per heavy atom. The highest BCUT2D eigenvalue weighted by molar-refractivity contribution is 7.18. The summed E-state index contributed by atoms with van der Waals surface area (Å²) < 4.78 is 9.98. The lowest BCUT2D eigenvalue weighted by Gasteiger charge is -2.23. The van der Waals surface area contributed by atoms with Crippen molar-refractivity contribution in [1.29, 1.82) is 0 Å². The number of hydrogen-bond acceptors (Lipinski definition) is 8. The maximum Gasteiger partial charge on any atom is 0.325 e. The molecule has 0 saturated carbocycles. The van der Waals surface area contributed by atoms with Crippen LogP contribution >= 0.6 is 11.3 Å². The molecular weight excluding hydrogens is 422 g/mol.